The van der Waals surface area contributed by atoms with Crippen LogP contribution in [0.2, 0.25) is 5.02 Å². The van der Waals surface area contributed by atoms with Crippen molar-refractivity contribution in [1.82, 2.24) is 4.98 Å². The lowest BCUT2D eigenvalue weighted by Gasteiger charge is -2.03. The molecule has 0 saturated carbocycles. The summed E-state index contributed by atoms with van der Waals surface area (Å²) in [6.07, 6.45) is 0.566. The van der Waals surface area contributed by atoms with E-state index in [0.717, 1.165) is 16.1 Å². The number of halogens is 1. The molecule has 9 heteroatoms. The monoisotopic (exact) mass is 421 g/mol. The van der Waals surface area contributed by atoms with Gasteiger partial charge in [-0.1, -0.05) is 35.9 Å². The molecule has 0 unspecified atom stereocenters. The molecular formula is C18H16ClN3O3S2. The van der Waals surface area contributed by atoms with Crippen molar-refractivity contribution in [2.45, 2.75) is 18.2 Å². The molecular weight excluding hydrogens is 406 g/mol. The molecule has 27 heavy (non-hydrogen) atoms. The van der Waals surface area contributed by atoms with E-state index in [1.807, 2.05) is 6.92 Å². The zero-order valence-electron chi connectivity index (χ0n) is 14.3. The van der Waals surface area contributed by atoms with Gasteiger partial charge in [0.25, 0.3) is 5.91 Å². The molecule has 3 aromatic rings. The lowest BCUT2D eigenvalue weighted by Crippen LogP contribution is -2.12. The van der Waals surface area contributed by atoms with Crippen LogP contribution in [0.1, 0.15) is 26.5 Å². The van der Waals surface area contributed by atoms with Crippen LogP contribution in [0.5, 0.6) is 0 Å². The summed E-state index contributed by atoms with van der Waals surface area (Å²) < 4.78 is 22.6. The van der Waals surface area contributed by atoms with Crippen LogP contribution in [0.15, 0.2) is 53.4 Å². The number of benzene rings is 2. The van der Waals surface area contributed by atoms with Crippen molar-refractivity contribution in [3.63, 3.8) is 0 Å². The molecule has 0 spiro atoms. The largest absolute Gasteiger partial charge is 0.298 e. The number of nitrogens with two attached hydrogens (primary N) is 1. The summed E-state index contributed by atoms with van der Waals surface area (Å²) in [5.74, 6) is -0.321. The van der Waals surface area contributed by atoms with Gasteiger partial charge in [0.15, 0.2) is 5.13 Å². The van der Waals surface area contributed by atoms with Gasteiger partial charge in [-0.2, -0.15) is 0 Å². The van der Waals surface area contributed by atoms with Gasteiger partial charge in [0.2, 0.25) is 10.0 Å². The van der Waals surface area contributed by atoms with Gasteiger partial charge in [0.05, 0.1) is 21.2 Å². The number of primary sulfonamides is 1. The predicted molar refractivity (Wildman–Crippen MR) is 107 cm³/mol. The number of hydrogen-bond donors (Lipinski definition) is 2. The van der Waals surface area contributed by atoms with Gasteiger partial charge in [-0.25, -0.2) is 18.5 Å². The fraction of sp³-hybridized carbons (Fsp3) is 0.111. The fourth-order valence-electron chi connectivity index (χ4n) is 2.44. The molecule has 0 aliphatic heterocycles. The molecule has 3 rings (SSSR count). The summed E-state index contributed by atoms with van der Waals surface area (Å²) in [6.45, 7) is 1.86. The van der Waals surface area contributed by atoms with Gasteiger partial charge in [-0.15, -0.1) is 11.3 Å². The maximum Gasteiger partial charge on any atom is 0.258 e. The van der Waals surface area contributed by atoms with Gasteiger partial charge in [0.1, 0.15) is 0 Å². The third-order valence-corrected chi connectivity index (χ3v) is 6.18. The van der Waals surface area contributed by atoms with E-state index in [4.69, 9.17) is 16.7 Å². The topological polar surface area (TPSA) is 102 Å². The first-order valence-electron chi connectivity index (χ1n) is 7.88. The Kier molecular flexibility index (Phi) is 5.61. The minimum atomic E-state index is -3.71. The van der Waals surface area contributed by atoms with Crippen LogP contribution in [0.4, 0.5) is 5.13 Å². The molecule has 0 saturated heterocycles. The highest BCUT2D eigenvalue weighted by Gasteiger charge is 2.14. The SMILES string of the molecule is Cc1nc(NC(=O)c2ccccc2Cl)sc1Cc1ccc(S(N)(=O)=O)cc1. The number of nitrogens with one attached hydrogen (secondary N) is 1. The molecule has 0 fully saturated rings. The average molecular weight is 422 g/mol. The van der Waals surface area contributed by atoms with Crippen molar-refractivity contribution >= 4 is 44.0 Å². The molecule has 0 atom stereocenters. The van der Waals surface area contributed by atoms with Crippen molar-refractivity contribution in [3.8, 4) is 0 Å². The Balaban J connectivity index is 1.75. The summed E-state index contributed by atoms with van der Waals surface area (Å²) in [6, 6.07) is 13.2. The van der Waals surface area contributed by atoms with Gasteiger partial charge in [-0.05, 0) is 36.8 Å². The fourth-order valence-corrected chi connectivity index (χ4v) is 4.17. The Morgan fingerprint density at radius 1 is 1.19 bits per heavy atom. The number of aromatic nitrogens is 1. The van der Waals surface area contributed by atoms with E-state index in [0.29, 0.717) is 22.1 Å². The molecule has 0 bridgehead atoms. The average Bonchev–Trinajstić information content (AvgIpc) is 2.94. The summed E-state index contributed by atoms with van der Waals surface area (Å²) in [5, 5.41) is 8.72. The van der Waals surface area contributed by atoms with E-state index in [-0.39, 0.29) is 10.8 Å². The second-order valence-corrected chi connectivity index (χ2v) is 8.88. The summed E-state index contributed by atoms with van der Waals surface area (Å²) in [7, 11) is -3.71. The Hall–Kier alpha value is -2.26. The van der Waals surface area contributed by atoms with E-state index in [2.05, 4.69) is 10.3 Å². The van der Waals surface area contributed by atoms with Crippen molar-refractivity contribution in [2.24, 2.45) is 5.14 Å². The minimum absolute atomic E-state index is 0.0694. The van der Waals surface area contributed by atoms with Crippen molar-refractivity contribution in [1.29, 1.82) is 0 Å². The molecule has 1 amide bonds. The van der Waals surface area contributed by atoms with E-state index in [1.54, 1.807) is 36.4 Å². The normalized spacial score (nSPS) is 11.4. The van der Waals surface area contributed by atoms with E-state index >= 15 is 0 Å². The number of amides is 1. The second kappa shape index (κ2) is 7.77. The molecule has 1 heterocycles. The van der Waals surface area contributed by atoms with Gasteiger partial charge >= 0.3 is 0 Å². The maximum atomic E-state index is 12.3. The first-order valence-corrected chi connectivity index (χ1v) is 10.6. The molecule has 1 aromatic heterocycles. The van der Waals surface area contributed by atoms with Crippen molar-refractivity contribution in [2.75, 3.05) is 5.32 Å². The Morgan fingerprint density at radius 2 is 1.85 bits per heavy atom. The Labute approximate surface area is 166 Å². The second-order valence-electron chi connectivity index (χ2n) is 5.83. The molecule has 3 N–H and O–H groups in total. The summed E-state index contributed by atoms with van der Waals surface area (Å²) in [5.41, 5.74) is 2.09. The van der Waals surface area contributed by atoms with E-state index in [1.165, 1.54) is 23.5 Å². The van der Waals surface area contributed by atoms with Crippen LogP contribution in [0, 0.1) is 6.92 Å². The van der Waals surface area contributed by atoms with Gasteiger partial charge in [-0.3, -0.25) is 10.1 Å². The van der Waals surface area contributed by atoms with Crippen molar-refractivity contribution < 1.29 is 13.2 Å². The Morgan fingerprint density at radius 3 is 2.48 bits per heavy atom. The smallest absolute Gasteiger partial charge is 0.258 e. The van der Waals surface area contributed by atoms with Gasteiger partial charge < -0.3 is 0 Å². The quantitative estimate of drug-likeness (QED) is 0.657. The zero-order valence-corrected chi connectivity index (χ0v) is 16.7. The van der Waals surface area contributed by atoms with Gasteiger partial charge in [0, 0.05) is 11.3 Å². The number of nitrogens with zero attached hydrogens (tertiary/aromatic N) is 1. The molecule has 140 valence electrons. The lowest BCUT2D eigenvalue weighted by atomic mass is 10.1. The molecule has 6 nitrogen and oxygen atoms in total. The van der Waals surface area contributed by atoms with Crippen molar-refractivity contribution in [3.05, 3.63) is 75.3 Å². The summed E-state index contributed by atoms with van der Waals surface area (Å²) in [4.78, 5) is 17.8. The third kappa shape index (κ3) is 4.72. The van der Waals surface area contributed by atoms with Crippen LogP contribution in [0.3, 0.4) is 0 Å². The van der Waals surface area contributed by atoms with E-state index < -0.39 is 10.0 Å². The number of rotatable bonds is 5. The number of hydrogen-bond acceptors (Lipinski definition) is 5. The maximum absolute atomic E-state index is 12.3. The number of thiazole rings is 1. The highest BCUT2D eigenvalue weighted by Crippen LogP contribution is 2.26. The van der Waals surface area contributed by atoms with Crippen LogP contribution < -0.4 is 10.5 Å². The molecule has 0 radical (unpaired) electrons. The number of aryl methyl sites for hydroxylation is 1. The van der Waals surface area contributed by atoms with Crippen LogP contribution in [-0.2, 0) is 16.4 Å². The predicted octanol–water partition coefficient (Wildman–Crippen LogP) is 3.60. The minimum Gasteiger partial charge on any atom is -0.298 e. The van der Waals surface area contributed by atoms with Crippen LogP contribution in [-0.4, -0.2) is 19.3 Å². The Bertz CT molecular complexity index is 1090. The molecule has 0 aliphatic rings. The number of carbonyl (C=O) groups excluding carboxylic acids is 1. The van der Waals surface area contributed by atoms with E-state index in [9.17, 15) is 13.2 Å². The van der Waals surface area contributed by atoms with Crippen LogP contribution >= 0.6 is 22.9 Å². The standard InChI is InChI=1S/C18H16ClN3O3S2/c1-11-16(10-12-6-8-13(9-7-12)27(20,24)25)26-18(21-11)22-17(23)14-4-2-3-5-15(14)19/h2-9H,10H2,1H3,(H2,20,24,25)(H,21,22,23). The summed E-state index contributed by atoms with van der Waals surface area (Å²) >= 11 is 7.41. The third-order valence-electron chi connectivity index (χ3n) is 3.85. The molecule has 2 aromatic carbocycles. The molecule has 0 aliphatic carbocycles. The number of sulfonamides is 1. The zero-order chi connectivity index (χ0) is 19.6. The number of anilines is 1. The highest BCUT2D eigenvalue weighted by atomic mass is 35.5. The first-order chi connectivity index (χ1) is 12.7. The number of carbonyl (C=O) groups is 1. The van der Waals surface area contributed by atoms with Crippen LogP contribution in [0.25, 0.3) is 0 Å². The highest BCUT2D eigenvalue weighted by molar-refractivity contribution is 7.89. The lowest BCUT2D eigenvalue weighted by molar-refractivity contribution is 0.102. The first kappa shape index (κ1) is 19.5.